The zero-order valence-corrected chi connectivity index (χ0v) is 17.1. The van der Waals surface area contributed by atoms with Gasteiger partial charge in [-0.2, -0.15) is 0 Å². The van der Waals surface area contributed by atoms with Crippen LogP contribution in [-0.4, -0.2) is 71.5 Å². The lowest BCUT2D eigenvalue weighted by atomic mass is 9.66. The van der Waals surface area contributed by atoms with E-state index in [2.05, 4.69) is 5.32 Å². The molecule has 29 heavy (non-hydrogen) atoms. The third kappa shape index (κ3) is 2.53. The van der Waals surface area contributed by atoms with E-state index in [-0.39, 0.29) is 30.5 Å². The Labute approximate surface area is 171 Å². The number of piperidine rings is 2. The molecule has 7 heteroatoms. The van der Waals surface area contributed by atoms with Gasteiger partial charge in [0.2, 0.25) is 5.91 Å². The van der Waals surface area contributed by atoms with Crippen LogP contribution < -0.4 is 5.32 Å². The highest BCUT2D eigenvalue weighted by Crippen LogP contribution is 2.50. The first kappa shape index (κ1) is 18.6. The highest BCUT2D eigenvalue weighted by molar-refractivity contribution is 5.87. The predicted molar refractivity (Wildman–Crippen MR) is 103 cm³/mol. The first-order valence-electron chi connectivity index (χ1n) is 11.6. The summed E-state index contributed by atoms with van der Waals surface area (Å²) in [4.78, 5) is 27.7. The van der Waals surface area contributed by atoms with Crippen molar-refractivity contribution in [3.05, 3.63) is 0 Å². The van der Waals surface area contributed by atoms with Crippen molar-refractivity contribution in [3.8, 4) is 0 Å². The van der Waals surface area contributed by atoms with Crippen molar-refractivity contribution in [1.29, 1.82) is 0 Å². The molecule has 5 aliphatic heterocycles. The Kier molecular flexibility index (Phi) is 4.11. The lowest BCUT2D eigenvalue weighted by Gasteiger charge is -2.50. The fourth-order valence-electron chi connectivity index (χ4n) is 7.70. The quantitative estimate of drug-likeness (QED) is 0.626. The van der Waals surface area contributed by atoms with Crippen LogP contribution >= 0.6 is 0 Å². The molecule has 0 spiro atoms. The summed E-state index contributed by atoms with van der Waals surface area (Å²) in [6.07, 6.45) is 6.07. The Bertz CT molecular complexity index is 730. The first-order chi connectivity index (χ1) is 14.0. The molecule has 5 saturated heterocycles. The number of carbonyl (C=O) groups excluding carboxylic acids is 2. The first-order valence-corrected chi connectivity index (χ1v) is 11.6. The predicted octanol–water partition coefficient (Wildman–Crippen LogP) is 0.693. The lowest BCUT2D eigenvalue weighted by Crippen LogP contribution is -2.65. The average Bonchev–Trinajstić information content (AvgIpc) is 3.32. The van der Waals surface area contributed by atoms with Gasteiger partial charge in [-0.25, -0.2) is 4.79 Å². The Morgan fingerprint density at radius 3 is 2.83 bits per heavy atom. The van der Waals surface area contributed by atoms with E-state index in [0.29, 0.717) is 42.7 Å². The van der Waals surface area contributed by atoms with Gasteiger partial charge in [0.25, 0.3) is 0 Å². The molecule has 0 aromatic carbocycles. The van der Waals surface area contributed by atoms with Crippen molar-refractivity contribution in [2.45, 2.75) is 75.3 Å². The normalized spacial score (nSPS) is 53.4. The van der Waals surface area contributed by atoms with E-state index >= 15 is 0 Å². The van der Waals surface area contributed by atoms with Gasteiger partial charge in [0.15, 0.2) is 5.60 Å². The molecule has 1 saturated carbocycles. The molecule has 1 aliphatic carbocycles. The number of hydrogen-bond acceptors (Lipinski definition) is 6. The van der Waals surface area contributed by atoms with E-state index < -0.39 is 17.5 Å². The zero-order chi connectivity index (χ0) is 19.9. The van der Waals surface area contributed by atoms with E-state index in [1.165, 1.54) is 19.3 Å². The van der Waals surface area contributed by atoms with Crippen LogP contribution in [0.3, 0.4) is 0 Å². The summed E-state index contributed by atoms with van der Waals surface area (Å²) in [6.45, 7) is 3.63. The number of nitrogens with one attached hydrogen (secondary N) is 1. The average molecular weight is 405 g/mol. The summed E-state index contributed by atoms with van der Waals surface area (Å²) in [5.41, 5.74) is -1.53. The fraction of sp³-hybridized carbons (Fsp3) is 0.909. The van der Waals surface area contributed by atoms with Crippen LogP contribution in [0, 0.1) is 29.6 Å². The number of nitrogens with zero attached hydrogens (tertiary/aromatic N) is 1. The topological polar surface area (TPSA) is 88.1 Å². The van der Waals surface area contributed by atoms with E-state index in [9.17, 15) is 14.7 Å². The number of ether oxygens (including phenoxy) is 2. The molecule has 0 bridgehead atoms. The minimum atomic E-state index is -1.53. The third-order valence-corrected chi connectivity index (χ3v) is 9.25. The number of rotatable bonds is 1. The molecule has 9 unspecified atom stereocenters. The molecule has 0 radical (unpaired) electrons. The van der Waals surface area contributed by atoms with Crippen LogP contribution in [-0.2, 0) is 19.1 Å². The van der Waals surface area contributed by atoms with Gasteiger partial charge in [-0.05, 0) is 56.3 Å². The van der Waals surface area contributed by atoms with Crippen molar-refractivity contribution in [3.63, 3.8) is 0 Å². The lowest BCUT2D eigenvalue weighted by molar-refractivity contribution is -0.201. The molecule has 10 atom stereocenters. The second-order valence-corrected chi connectivity index (χ2v) is 10.4. The molecular formula is C22H32N2O5. The number of esters is 1. The van der Waals surface area contributed by atoms with Crippen LogP contribution in [0.1, 0.15) is 45.4 Å². The van der Waals surface area contributed by atoms with E-state index in [1.54, 1.807) is 6.92 Å². The van der Waals surface area contributed by atoms with Crippen LogP contribution in [0.15, 0.2) is 0 Å². The standard InChI is InChI=1S/C22H32N2O5/c1-2-22(27)15-7-17-19-13(9-24(17)20(25)14(15)10-29-21(22)26)6-12-5-11-3-4-28-18(11)8-16(12)23-19/h11-19,23,27H,2-10H2,1H3/t11?,12?,13?,14?,15?,16?,17?,18?,19?,22-/m0/s1. The Morgan fingerprint density at radius 1 is 1.17 bits per heavy atom. The summed E-state index contributed by atoms with van der Waals surface area (Å²) in [6, 6.07) is 0.795. The van der Waals surface area contributed by atoms with Crippen molar-refractivity contribution >= 4 is 11.9 Å². The summed E-state index contributed by atoms with van der Waals surface area (Å²) >= 11 is 0. The van der Waals surface area contributed by atoms with Crippen molar-refractivity contribution in [2.75, 3.05) is 19.8 Å². The number of cyclic esters (lactones) is 1. The number of carbonyl (C=O) groups is 2. The van der Waals surface area contributed by atoms with Gasteiger partial charge < -0.3 is 24.8 Å². The second kappa shape index (κ2) is 6.41. The van der Waals surface area contributed by atoms with Crippen LogP contribution in [0.4, 0.5) is 0 Å². The summed E-state index contributed by atoms with van der Waals surface area (Å²) in [5.74, 6) is 0.644. The van der Waals surface area contributed by atoms with Crippen LogP contribution in [0.2, 0.25) is 0 Å². The summed E-state index contributed by atoms with van der Waals surface area (Å²) in [5, 5.41) is 15.0. The SMILES string of the molecule is CC[C@@]1(O)C(=O)OCC2C(=O)N3CC4CC5CC6CCOC6CC5NC4C3CC21. The van der Waals surface area contributed by atoms with Crippen molar-refractivity contribution in [1.82, 2.24) is 10.2 Å². The second-order valence-electron chi connectivity index (χ2n) is 10.4. The summed E-state index contributed by atoms with van der Waals surface area (Å²) in [7, 11) is 0. The molecule has 160 valence electrons. The molecule has 7 nitrogen and oxygen atoms in total. The van der Waals surface area contributed by atoms with Crippen molar-refractivity contribution < 1.29 is 24.2 Å². The van der Waals surface area contributed by atoms with Crippen LogP contribution in [0.5, 0.6) is 0 Å². The largest absolute Gasteiger partial charge is 0.463 e. The van der Waals surface area contributed by atoms with E-state index in [4.69, 9.17) is 9.47 Å². The third-order valence-electron chi connectivity index (χ3n) is 9.25. The molecule has 6 fully saturated rings. The van der Waals surface area contributed by atoms with Gasteiger partial charge in [0.1, 0.15) is 6.61 Å². The number of aliphatic hydroxyl groups is 1. The highest BCUT2D eigenvalue weighted by Gasteiger charge is 2.62. The maximum Gasteiger partial charge on any atom is 0.338 e. The summed E-state index contributed by atoms with van der Waals surface area (Å²) < 4.78 is 11.2. The van der Waals surface area contributed by atoms with Gasteiger partial charge in [-0.3, -0.25) is 4.79 Å². The van der Waals surface area contributed by atoms with Gasteiger partial charge in [-0.1, -0.05) is 6.92 Å². The number of hydrogen-bond donors (Lipinski definition) is 2. The molecule has 1 amide bonds. The number of amides is 1. The minimum Gasteiger partial charge on any atom is -0.463 e. The fourth-order valence-corrected chi connectivity index (χ4v) is 7.70. The molecule has 6 aliphatic rings. The smallest absolute Gasteiger partial charge is 0.338 e. The van der Waals surface area contributed by atoms with E-state index in [1.807, 2.05) is 4.90 Å². The highest BCUT2D eigenvalue weighted by atomic mass is 16.6. The molecule has 0 aromatic rings. The Balaban J connectivity index is 1.26. The molecule has 2 N–H and O–H groups in total. The van der Waals surface area contributed by atoms with Gasteiger partial charge in [0, 0.05) is 37.2 Å². The van der Waals surface area contributed by atoms with Gasteiger partial charge >= 0.3 is 5.97 Å². The van der Waals surface area contributed by atoms with E-state index in [0.717, 1.165) is 19.6 Å². The zero-order valence-electron chi connectivity index (χ0n) is 17.1. The molecular weight excluding hydrogens is 372 g/mol. The van der Waals surface area contributed by atoms with Crippen LogP contribution in [0.25, 0.3) is 0 Å². The molecule has 0 aromatic heterocycles. The monoisotopic (exact) mass is 404 g/mol. The number of fused-ring (bicyclic) bond motifs is 6. The molecule has 6 rings (SSSR count). The Hall–Kier alpha value is -1.18. The van der Waals surface area contributed by atoms with Crippen molar-refractivity contribution in [2.24, 2.45) is 29.6 Å². The van der Waals surface area contributed by atoms with Gasteiger partial charge in [-0.15, -0.1) is 0 Å². The Morgan fingerprint density at radius 2 is 2.00 bits per heavy atom. The molecule has 5 heterocycles. The maximum absolute atomic E-state index is 13.3. The minimum absolute atomic E-state index is 0.0703. The maximum atomic E-state index is 13.3. The van der Waals surface area contributed by atoms with Gasteiger partial charge in [0.05, 0.1) is 12.0 Å².